The van der Waals surface area contributed by atoms with Crippen LogP contribution in [-0.4, -0.2) is 68.7 Å². The van der Waals surface area contributed by atoms with Crippen molar-refractivity contribution < 1.29 is 14.5 Å². The molecule has 2 rings (SSSR count). The van der Waals surface area contributed by atoms with E-state index in [2.05, 4.69) is 9.88 Å². The topological polar surface area (TPSA) is 93.7 Å². The third-order valence-electron chi connectivity index (χ3n) is 3.88. The fraction of sp³-hybridized carbons (Fsp3) is 0.733. The molecule has 0 saturated carbocycles. The van der Waals surface area contributed by atoms with Crippen molar-refractivity contribution in [2.45, 2.75) is 39.8 Å². The summed E-state index contributed by atoms with van der Waals surface area (Å²) in [5, 5.41) is 11.0. The van der Waals surface area contributed by atoms with Crippen LogP contribution in [0, 0.1) is 17.0 Å². The second kappa shape index (κ2) is 7.16. The maximum Gasteiger partial charge on any atom is 0.410 e. The number of imidazole rings is 1. The molecular formula is C15H25N5O4. The van der Waals surface area contributed by atoms with E-state index < -0.39 is 10.5 Å². The minimum Gasteiger partial charge on any atom is -0.444 e. The molecule has 0 atom stereocenters. The second-order valence-electron chi connectivity index (χ2n) is 6.88. The molecular weight excluding hydrogens is 314 g/mol. The molecule has 1 aliphatic heterocycles. The number of aromatic nitrogens is 2. The highest BCUT2D eigenvalue weighted by atomic mass is 16.6. The van der Waals surface area contributed by atoms with Crippen LogP contribution < -0.4 is 0 Å². The van der Waals surface area contributed by atoms with E-state index in [1.165, 1.54) is 6.20 Å². The summed E-state index contributed by atoms with van der Waals surface area (Å²) in [7, 11) is 0. The highest BCUT2D eigenvalue weighted by Gasteiger charge is 2.26. The van der Waals surface area contributed by atoms with Gasteiger partial charge in [0.15, 0.2) is 5.82 Å². The van der Waals surface area contributed by atoms with Gasteiger partial charge in [0.25, 0.3) is 0 Å². The van der Waals surface area contributed by atoms with Crippen molar-refractivity contribution in [1.82, 2.24) is 19.4 Å². The van der Waals surface area contributed by atoms with E-state index in [0.29, 0.717) is 32.0 Å². The highest BCUT2D eigenvalue weighted by Crippen LogP contribution is 2.15. The summed E-state index contributed by atoms with van der Waals surface area (Å²) in [6.45, 7) is 11.1. The third kappa shape index (κ3) is 4.67. The molecule has 0 unspecified atom stereocenters. The molecule has 0 N–H and O–H groups in total. The lowest BCUT2D eigenvalue weighted by atomic mass is 10.2. The predicted octanol–water partition coefficient (Wildman–Crippen LogP) is 1.65. The average Bonchev–Trinajstić information content (AvgIpc) is 2.85. The first-order chi connectivity index (χ1) is 11.2. The van der Waals surface area contributed by atoms with Crippen LogP contribution in [-0.2, 0) is 11.3 Å². The fourth-order valence-corrected chi connectivity index (χ4v) is 2.60. The zero-order valence-corrected chi connectivity index (χ0v) is 14.7. The molecule has 1 aromatic heterocycles. The van der Waals surface area contributed by atoms with Gasteiger partial charge in [0.2, 0.25) is 0 Å². The Bertz CT molecular complexity index is 599. The number of ether oxygens (including phenoxy) is 1. The van der Waals surface area contributed by atoms with E-state index in [1.807, 2.05) is 20.8 Å². The van der Waals surface area contributed by atoms with Crippen LogP contribution in [0.25, 0.3) is 0 Å². The van der Waals surface area contributed by atoms with Crippen LogP contribution in [0.15, 0.2) is 6.20 Å². The van der Waals surface area contributed by atoms with Crippen molar-refractivity contribution in [2.75, 3.05) is 32.7 Å². The number of amides is 1. The standard InChI is InChI=1S/C15H25N5O4/c1-12-16-11-13(20(22)23)19(12)10-7-17-5-8-18(9-6-17)14(21)24-15(2,3)4/h11H,5-10H2,1-4H3. The average molecular weight is 339 g/mol. The van der Waals surface area contributed by atoms with E-state index in [0.717, 1.165) is 13.1 Å². The Morgan fingerprint density at radius 1 is 1.29 bits per heavy atom. The summed E-state index contributed by atoms with van der Waals surface area (Å²) in [6.07, 6.45) is 0.999. The molecule has 0 aliphatic carbocycles. The van der Waals surface area contributed by atoms with E-state index in [-0.39, 0.29) is 11.9 Å². The zero-order valence-electron chi connectivity index (χ0n) is 14.7. The van der Waals surface area contributed by atoms with Gasteiger partial charge in [0.05, 0.1) is 0 Å². The Kier molecular flexibility index (Phi) is 5.43. The number of hydrogen-bond donors (Lipinski definition) is 0. The van der Waals surface area contributed by atoms with Crippen LogP contribution in [0.2, 0.25) is 0 Å². The van der Waals surface area contributed by atoms with Crippen LogP contribution >= 0.6 is 0 Å². The Morgan fingerprint density at radius 2 is 1.92 bits per heavy atom. The fourth-order valence-electron chi connectivity index (χ4n) is 2.60. The van der Waals surface area contributed by atoms with E-state index in [9.17, 15) is 14.9 Å². The SMILES string of the molecule is Cc1ncc([N+](=O)[O-])n1CCN1CCN(C(=O)OC(C)(C)C)CC1. The highest BCUT2D eigenvalue weighted by molar-refractivity contribution is 5.68. The smallest absolute Gasteiger partial charge is 0.410 e. The number of hydrogen-bond acceptors (Lipinski definition) is 6. The van der Waals surface area contributed by atoms with Crippen molar-refractivity contribution in [1.29, 1.82) is 0 Å². The summed E-state index contributed by atoms with van der Waals surface area (Å²) in [6, 6.07) is 0. The van der Waals surface area contributed by atoms with Crippen molar-refractivity contribution in [2.24, 2.45) is 0 Å². The van der Waals surface area contributed by atoms with Gasteiger partial charge in [0.1, 0.15) is 18.3 Å². The monoisotopic (exact) mass is 339 g/mol. The number of nitrogens with zero attached hydrogens (tertiary/aromatic N) is 5. The Hall–Kier alpha value is -2.16. The molecule has 9 heteroatoms. The summed E-state index contributed by atoms with van der Waals surface area (Å²) < 4.78 is 6.98. The van der Waals surface area contributed by atoms with E-state index in [4.69, 9.17) is 4.74 Å². The predicted molar refractivity (Wildman–Crippen MR) is 87.9 cm³/mol. The largest absolute Gasteiger partial charge is 0.444 e. The van der Waals surface area contributed by atoms with Gasteiger partial charge in [0, 0.05) is 39.6 Å². The molecule has 1 fully saturated rings. The van der Waals surface area contributed by atoms with Crippen molar-refractivity contribution in [3.63, 3.8) is 0 Å². The summed E-state index contributed by atoms with van der Waals surface area (Å²) in [4.78, 5) is 30.5. The number of piperazine rings is 1. The second-order valence-corrected chi connectivity index (χ2v) is 6.88. The lowest BCUT2D eigenvalue weighted by Crippen LogP contribution is -2.50. The van der Waals surface area contributed by atoms with Gasteiger partial charge < -0.3 is 19.8 Å². The van der Waals surface area contributed by atoms with Gasteiger partial charge in [-0.25, -0.2) is 14.3 Å². The van der Waals surface area contributed by atoms with Crippen molar-refractivity contribution >= 4 is 11.9 Å². The molecule has 134 valence electrons. The quantitative estimate of drug-likeness (QED) is 0.611. The van der Waals surface area contributed by atoms with Gasteiger partial charge in [-0.15, -0.1) is 0 Å². The third-order valence-corrected chi connectivity index (χ3v) is 3.88. The van der Waals surface area contributed by atoms with Crippen LogP contribution in [0.4, 0.5) is 10.6 Å². The lowest BCUT2D eigenvalue weighted by molar-refractivity contribution is -0.392. The first kappa shape index (κ1) is 18.2. The molecule has 1 saturated heterocycles. The minimum atomic E-state index is -0.494. The number of carbonyl (C=O) groups excluding carboxylic acids is 1. The maximum atomic E-state index is 12.0. The Labute approximate surface area is 141 Å². The first-order valence-electron chi connectivity index (χ1n) is 8.04. The zero-order chi connectivity index (χ0) is 17.9. The van der Waals surface area contributed by atoms with Crippen LogP contribution in [0.1, 0.15) is 26.6 Å². The number of aryl methyl sites for hydroxylation is 1. The van der Waals surface area contributed by atoms with Crippen molar-refractivity contribution in [3.05, 3.63) is 22.1 Å². The Balaban J connectivity index is 1.83. The molecule has 0 aromatic carbocycles. The van der Waals surface area contributed by atoms with Gasteiger partial charge in [-0.1, -0.05) is 0 Å². The molecule has 0 bridgehead atoms. The number of rotatable bonds is 4. The lowest BCUT2D eigenvalue weighted by Gasteiger charge is -2.35. The number of carbonyl (C=O) groups is 1. The maximum absolute atomic E-state index is 12.0. The van der Waals surface area contributed by atoms with Crippen LogP contribution in [0.5, 0.6) is 0 Å². The summed E-state index contributed by atoms with van der Waals surface area (Å²) in [5.41, 5.74) is -0.494. The summed E-state index contributed by atoms with van der Waals surface area (Å²) in [5.74, 6) is 0.647. The van der Waals surface area contributed by atoms with Gasteiger partial charge in [-0.2, -0.15) is 0 Å². The molecule has 24 heavy (non-hydrogen) atoms. The number of nitro groups is 1. The molecule has 0 radical (unpaired) electrons. The van der Waals surface area contributed by atoms with Gasteiger partial charge in [-0.3, -0.25) is 4.90 Å². The molecule has 1 amide bonds. The van der Waals surface area contributed by atoms with Gasteiger partial charge in [-0.05, 0) is 25.7 Å². The van der Waals surface area contributed by atoms with Crippen molar-refractivity contribution in [3.8, 4) is 0 Å². The molecule has 2 heterocycles. The van der Waals surface area contributed by atoms with E-state index >= 15 is 0 Å². The molecule has 0 spiro atoms. The van der Waals surface area contributed by atoms with Crippen LogP contribution in [0.3, 0.4) is 0 Å². The van der Waals surface area contributed by atoms with E-state index in [1.54, 1.807) is 16.4 Å². The Morgan fingerprint density at radius 3 is 2.46 bits per heavy atom. The molecule has 9 nitrogen and oxygen atoms in total. The van der Waals surface area contributed by atoms with Gasteiger partial charge >= 0.3 is 11.9 Å². The summed E-state index contributed by atoms with van der Waals surface area (Å²) >= 11 is 0. The first-order valence-corrected chi connectivity index (χ1v) is 8.04. The minimum absolute atomic E-state index is 0.0138. The molecule has 1 aliphatic rings. The normalized spacial score (nSPS) is 16.2. The molecule has 1 aromatic rings.